The Morgan fingerprint density at radius 1 is 1.53 bits per heavy atom. The quantitative estimate of drug-likeness (QED) is 0.338. The molecule has 112 valence electrons. The van der Waals surface area contributed by atoms with Crippen LogP contribution in [0, 0.1) is 0 Å². The maximum absolute atomic E-state index is 11.7. The summed E-state index contributed by atoms with van der Waals surface area (Å²) in [7, 11) is -0.984. The summed E-state index contributed by atoms with van der Waals surface area (Å²) < 4.78 is 23.3. The van der Waals surface area contributed by atoms with Crippen molar-refractivity contribution >= 4 is 15.7 Å². The average Bonchev–Trinajstić information content (AvgIpc) is 2.36. The fraction of sp³-hybridized carbons (Fsp3) is 0.917. The minimum Gasteiger partial charge on any atom is -0.409 e. The van der Waals surface area contributed by atoms with E-state index in [1.54, 1.807) is 0 Å². The lowest BCUT2D eigenvalue weighted by atomic mass is 9.93. The molecular weight excluding hydrogens is 266 g/mol. The van der Waals surface area contributed by atoms with E-state index in [1.807, 2.05) is 14.0 Å². The fourth-order valence-electron chi connectivity index (χ4n) is 2.73. The Hall–Kier alpha value is -0.820. The van der Waals surface area contributed by atoms with Gasteiger partial charge in [0.25, 0.3) is 0 Å². The van der Waals surface area contributed by atoms with Gasteiger partial charge in [-0.05, 0) is 33.2 Å². The topological polar surface area (TPSA) is 96.0 Å². The lowest BCUT2D eigenvalue weighted by molar-refractivity contribution is 0.149. The van der Waals surface area contributed by atoms with Crippen molar-refractivity contribution < 1.29 is 13.6 Å². The molecule has 6 nitrogen and oxygen atoms in total. The maximum Gasteiger partial charge on any atom is 0.150 e. The van der Waals surface area contributed by atoms with E-state index in [0.717, 1.165) is 19.3 Å². The molecule has 3 N–H and O–H groups in total. The molecule has 0 aromatic rings. The smallest absolute Gasteiger partial charge is 0.150 e. The lowest BCUT2D eigenvalue weighted by Gasteiger charge is -2.37. The monoisotopic (exact) mass is 291 g/mol. The molecule has 1 aliphatic rings. The van der Waals surface area contributed by atoms with Crippen LogP contribution >= 0.6 is 0 Å². The van der Waals surface area contributed by atoms with Crippen molar-refractivity contribution in [1.29, 1.82) is 0 Å². The zero-order chi connectivity index (χ0) is 14.6. The summed E-state index contributed by atoms with van der Waals surface area (Å²) in [5.74, 6) is 0.204. The van der Waals surface area contributed by atoms with Crippen LogP contribution in [0.2, 0.25) is 0 Å². The van der Waals surface area contributed by atoms with E-state index in [1.165, 1.54) is 6.26 Å². The zero-order valence-electron chi connectivity index (χ0n) is 11.9. The van der Waals surface area contributed by atoms with Gasteiger partial charge in [-0.1, -0.05) is 11.6 Å². The van der Waals surface area contributed by atoms with Crippen molar-refractivity contribution in [3.05, 3.63) is 0 Å². The van der Waals surface area contributed by atoms with E-state index in [0.29, 0.717) is 12.8 Å². The van der Waals surface area contributed by atoms with Crippen LogP contribution in [0.4, 0.5) is 0 Å². The molecule has 0 aliphatic heterocycles. The highest BCUT2D eigenvalue weighted by Gasteiger charge is 2.32. The lowest BCUT2D eigenvalue weighted by Crippen LogP contribution is -2.45. The number of nitrogens with two attached hydrogens (primary N) is 1. The van der Waals surface area contributed by atoms with Crippen molar-refractivity contribution in [1.82, 2.24) is 4.90 Å². The van der Waals surface area contributed by atoms with Crippen molar-refractivity contribution in [2.24, 2.45) is 10.9 Å². The number of rotatable bonds is 5. The van der Waals surface area contributed by atoms with Crippen LogP contribution in [0.1, 0.15) is 39.0 Å². The molecule has 0 radical (unpaired) electrons. The summed E-state index contributed by atoms with van der Waals surface area (Å²) in [4.78, 5) is 2.15. The highest BCUT2D eigenvalue weighted by atomic mass is 32.2. The van der Waals surface area contributed by atoms with Crippen LogP contribution in [-0.4, -0.2) is 55.0 Å². The molecule has 0 heterocycles. The molecule has 0 bridgehead atoms. The molecule has 1 rings (SSSR count). The molecule has 3 unspecified atom stereocenters. The SMILES string of the molecule is CC(CC(N)=NO)N(C)C1CCCC(S(C)(=O)=O)C1. The van der Waals surface area contributed by atoms with Gasteiger partial charge in [-0.25, -0.2) is 8.42 Å². The summed E-state index contributed by atoms with van der Waals surface area (Å²) in [6, 6.07) is 0.370. The zero-order valence-corrected chi connectivity index (χ0v) is 12.7. The third-order valence-electron chi connectivity index (χ3n) is 4.11. The van der Waals surface area contributed by atoms with Crippen LogP contribution in [0.3, 0.4) is 0 Å². The van der Waals surface area contributed by atoms with Crippen LogP contribution in [0.15, 0.2) is 5.16 Å². The van der Waals surface area contributed by atoms with Gasteiger partial charge in [-0.2, -0.15) is 0 Å². The summed E-state index contributed by atoms with van der Waals surface area (Å²) in [5, 5.41) is 11.3. The number of oxime groups is 1. The Morgan fingerprint density at radius 2 is 2.16 bits per heavy atom. The van der Waals surface area contributed by atoms with E-state index in [4.69, 9.17) is 10.9 Å². The summed E-state index contributed by atoms with van der Waals surface area (Å²) in [6.07, 6.45) is 5.17. The van der Waals surface area contributed by atoms with Gasteiger partial charge in [-0.15, -0.1) is 0 Å². The van der Waals surface area contributed by atoms with Crippen molar-refractivity contribution in [2.75, 3.05) is 13.3 Å². The van der Waals surface area contributed by atoms with Crippen molar-refractivity contribution in [2.45, 2.75) is 56.4 Å². The largest absolute Gasteiger partial charge is 0.409 e. The second kappa shape index (κ2) is 6.56. The minimum absolute atomic E-state index is 0.124. The first-order valence-electron chi connectivity index (χ1n) is 6.63. The Bertz CT molecular complexity index is 422. The normalized spacial score (nSPS) is 27.5. The molecule has 0 aromatic carbocycles. The van der Waals surface area contributed by atoms with Gasteiger partial charge in [0.1, 0.15) is 15.7 Å². The Kier molecular flexibility index (Phi) is 5.61. The number of nitrogens with zero attached hydrogens (tertiary/aromatic N) is 2. The van der Waals surface area contributed by atoms with Gasteiger partial charge < -0.3 is 15.8 Å². The van der Waals surface area contributed by atoms with Crippen LogP contribution in [0.25, 0.3) is 0 Å². The van der Waals surface area contributed by atoms with Crippen LogP contribution in [0.5, 0.6) is 0 Å². The molecule has 1 aliphatic carbocycles. The third kappa shape index (κ3) is 4.65. The predicted molar refractivity (Wildman–Crippen MR) is 76.1 cm³/mol. The first kappa shape index (κ1) is 16.2. The first-order chi connectivity index (χ1) is 8.75. The van der Waals surface area contributed by atoms with Gasteiger partial charge in [0.15, 0.2) is 0 Å². The van der Waals surface area contributed by atoms with Crippen molar-refractivity contribution in [3.8, 4) is 0 Å². The number of hydrogen-bond donors (Lipinski definition) is 2. The Morgan fingerprint density at radius 3 is 2.68 bits per heavy atom. The van der Waals surface area contributed by atoms with Gasteiger partial charge in [-0.3, -0.25) is 0 Å². The van der Waals surface area contributed by atoms with E-state index in [2.05, 4.69) is 10.1 Å². The fourth-order valence-corrected chi connectivity index (χ4v) is 3.89. The molecule has 19 heavy (non-hydrogen) atoms. The Labute approximate surface area is 115 Å². The van der Waals surface area contributed by atoms with Crippen LogP contribution in [-0.2, 0) is 9.84 Å². The highest BCUT2D eigenvalue weighted by molar-refractivity contribution is 7.91. The first-order valence-corrected chi connectivity index (χ1v) is 8.58. The van der Waals surface area contributed by atoms with E-state index in [9.17, 15) is 8.42 Å². The minimum atomic E-state index is -2.96. The second-order valence-corrected chi connectivity index (χ2v) is 7.91. The van der Waals surface area contributed by atoms with Gasteiger partial charge in [0, 0.05) is 24.8 Å². The molecular formula is C12H25N3O3S. The molecule has 0 aromatic heterocycles. The number of sulfone groups is 1. The molecule has 1 fully saturated rings. The van der Waals surface area contributed by atoms with Gasteiger partial charge >= 0.3 is 0 Å². The standard InChI is InChI=1S/C12H25N3O3S/c1-9(7-12(13)14-16)15(2)10-5-4-6-11(8-10)19(3,17)18/h9-11,16H,4-8H2,1-3H3,(H2,13,14). The Balaban J connectivity index is 2.64. The summed E-state index contributed by atoms with van der Waals surface area (Å²) in [5.41, 5.74) is 5.52. The molecule has 1 saturated carbocycles. The predicted octanol–water partition coefficient (Wildman–Crippen LogP) is 0.799. The van der Waals surface area contributed by atoms with Gasteiger partial charge in [0.05, 0.1) is 5.25 Å². The molecule has 0 spiro atoms. The molecule has 7 heteroatoms. The second-order valence-electron chi connectivity index (χ2n) is 5.58. The molecule has 0 amide bonds. The van der Waals surface area contributed by atoms with E-state index >= 15 is 0 Å². The van der Waals surface area contributed by atoms with Crippen LogP contribution < -0.4 is 5.73 Å². The van der Waals surface area contributed by atoms with Gasteiger partial charge in [0.2, 0.25) is 0 Å². The van der Waals surface area contributed by atoms with Crippen molar-refractivity contribution in [3.63, 3.8) is 0 Å². The summed E-state index contributed by atoms with van der Waals surface area (Å²) in [6.45, 7) is 2.00. The molecule has 3 atom stereocenters. The molecule has 0 saturated heterocycles. The number of hydrogen-bond acceptors (Lipinski definition) is 5. The van der Waals surface area contributed by atoms with E-state index < -0.39 is 9.84 Å². The van der Waals surface area contributed by atoms with E-state index in [-0.39, 0.29) is 23.2 Å². The average molecular weight is 291 g/mol. The summed E-state index contributed by atoms with van der Waals surface area (Å²) >= 11 is 0. The highest BCUT2D eigenvalue weighted by Crippen LogP contribution is 2.28. The third-order valence-corrected chi connectivity index (χ3v) is 5.75. The number of amidine groups is 1. The maximum atomic E-state index is 11.7.